The molecule has 0 fully saturated rings. The lowest BCUT2D eigenvalue weighted by Crippen LogP contribution is -2.00. The molecule has 0 saturated heterocycles. The molecule has 5 heteroatoms. The molecule has 0 amide bonds. The number of aromatic amines is 1. The molecule has 0 radical (unpaired) electrons. The lowest BCUT2D eigenvalue weighted by atomic mass is 10.1. The first-order chi connectivity index (χ1) is 7.66. The van der Waals surface area contributed by atoms with Crippen LogP contribution in [0.15, 0.2) is 24.5 Å². The van der Waals surface area contributed by atoms with Crippen molar-refractivity contribution in [1.82, 2.24) is 15.2 Å². The second-order valence-corrected chi connectivity index (χ2v) is 3.53. The lowest BCUT2D eigenvalue weighted by Gasteiger charge is -2.01. The van der Waals surface area contributed by atoms with Gasteiger partial charge in [0.2, 0.25) is 0 Å². The maximum absolute atomic E-state index is 10.6. The van der Waals surface area contributed by atoms with E-state index in [-0.39, 0.29) is 6.42 Å². The number of hydrogen-bond donors (Lipinski definition) is 2. The molecule has 0 aliphatic carbocycles. The number of hydrogen-bond acceptors (Lipinski definition) is 3. The Morgan fingerprint density at radius 1 is 1.44 bits per heavy atom. The van der Waals surface area contributed by atoms with Gasteiger partial charge in [-0.1, -0.05) is 0 Å². The number of carbonyl (C=O) groups is 1. The van der Waals surface area contributed by atoms with E-state index in [0.29, 0.717) is 5.56 Å². The monoisotopic (exact) mass is 217 g/mol. The molecule has 0 aliphatic heterocycles. The van der Waals surface area contributed by atoms with E-state index >= 15 is 0 Å². The minimum Gasteiger partial charge on any atom is -0.481 e. The Morgan fingerprint density at radius 2 is 2.25 bits per heavy atom. The summed E-state index contributed by atoms with van der Waals surface area (Å²) in [6.45, 7) is 1.90. The fraction of sp³-hybridized carbons (Fsp3) is 0.182. The molecular weight excluding hydrogens is 206 g/mol. The van der Waals surface area contributed by atoms with Gasteiger partial charge < -0.3 is 5.11 Å². The van der Waals surface area contributed by atoms with Crippen LogP contribution in [-0.4, -0.2) is 26.3 Å². The number of aryl methyl sites for hydroxylation is 1. The third-order valence-electron chi connectivity index (χ3n) is 2.26. The standard InChI is InChI=1S/C11H11N3O2/c1-7-2-3-8(5-12-7)11-9(4-10(15)16)6-13-14-11/h2-3,5-6H,4H2,1H3,(H,13,14)(H,15,16). The fourth-order valence-electron chi connectivity index (χ4n) is 1.47. The number of carboxylic acids is 1. The number of aromatic nitrogens is 3. The van der Waals surface area contributed by atoms with Crippen LogP contribution < -0.4 is 0 Å². The Hall–Kier alpha value is -2.17. The Balaban J connectivity index is 2.36. The number of nitrogens with one attached hydrogen (secondary N) is 1. The van der Waals surface area contributed by atoms with Gasteiger partial charge >= 0.3 is 5.97 Å². The maximum Gasteiger partial charge on any atom is 0.307 e. The van der Waals surface area contributed by atoms with Crippen LogP contribution in [-0.2, 0) is 11.2 Å². The van der Waals surface area contributed by atoms with Crippen molar-refractivity contribution in [3.8, 4) is 11.3 Å². The highest BCUT2D eigenvalue weighted by Crippen LogP contribution is 2.20. The summed E-state index contributed by atoms with van der Waals surface area (Å²) in [5.74, 6) is -0.872. The summed E-state index contributed by atoms with van der Waals surface area (Å²) in [7, 11) is 0. The normalized spacial score (nSPS) is 10.3. The van der Waals surface area contributed by atoms with Gasteiger partial charge in [0.05, 0.1) is 18.3 Å². The average Bonchev–Trinajstić information content (AvgIpc) is 2.66. The smallest absolute Gasteiger partial charge is 0.307 e. The second-order valence-electron chi connectivity index (χ2n) is 3.53. The van der Waals surface area contributed by atoms with E-state index in [0.717, 1.165) is 17.0 Å². The first-order valence-corrected chi connectivity index (χ1v) is 4.84. The highest BCUT2D eigenvalue weighted by molar-refractivity contribution is 5.74. The Kier molecular flexibility index (Phi) is 2.68. The van der Waals surface area contributed by atoms with Crippen molar-refractivity contribution in [1.29, 1.82) is 0 Å². The van der Waals surface area contributed by atoms with Crippen molar-refractivity contribution in [3.05, 3.63) is 35.8 Å². The van der Waals surface area contributed by atoms with Gasteiger partial charge in [-0.25, -0.2) is 0 Å². The highest BCUT2D eigenvalue weighted by atomic mass is 16.4. The second kappa shape index (κ2) is 4.14. The molecule has 2 aromatic heterocycles. The van der Waals surface area contributed by atoms with Crippen LogP contribution in [0.3, 0.4) is 0 Å². The molecule has 2 aromatic rings. The van der Waals surface area contributed by atoms with Crippen LogP contribution in [0.2, 0.25) is 0 Å². The molecule has 2 heterocycles. The predicted molar refractivity (Wildman–Crippen MR) is 57.9 cm³/mol. The van der Waals surface area contributed by atoms with Crippen LogP contribution >= 0.6 is 0 Å². The first-order valence-electron chi connectivity index (χ1n) is 4.84. The summed E-state index contributed by atoms with van der Waals surface area (Å²) >= 11 is 0. The Bertz CT molecular complexity index is 502. The van der Waals surface area contributed by atoms with Gasteiger partial charge in [0.15, 0.2) is 0 Å². The molecule has 0 saturated carbocycles. The predicted octanol–water partition coefficient (Wildman–Crippen LogP) is 1.41. The summed E-state index contributed by atoms with van der Waals surface area (Å²) in [5.41, 5.74) is 3.15. The van der Waals surface area contributed by atoms with Gasteiger partial charge in [0.1, 0.15) is 0 Å². The van der Waals surface area contributed by atoms with Crippen LogP contribution in [0.5, 0.6) is 0 Å². The largest absolute Gasteiger partial charge is 0.481 e. The summed E-state index contributed by atoms with van der Waals surface area (Å²) < 4.78 is 0. The molecule has 0 bridgehead atoms. The summed E-state index contributed by atoms with van der Waals surface area (Å²) in [6, 6.07) is 3.77. The average molecular weight is 217 g/mol. The van der Waals surface area contributed by atoms with Gasteiger partial charge in [-0.15, -0.1) is 0 Å². The van der Waals surface area contributed by atoms with Gasteiger partial charge in [-0.3, -0.25) is 14.9 Å². The van der Waals surface area contributed by atoms with Crippen molar-refractivity contribution >= 4 is 5.97 Å². The zero-order valence-corrected chi connectivity index (χ0v) is 8.77. The number of carboxylic acid groups (broad SMARTS) is 1. The number of aliphatic carboxylic acids is 1. The number of pyridine rings is 1. The molecule has 0 atom stereocenters. The van der Waals surface area contributed by atoms with E-state index in [4.69, 9.17) is 5.11 Å². The van der Waals surface area contributed by atoms with Crippen LogP contribution in [0, 0.1) is 6.92 Å². The van der Waals surface area contributed by atoms with Crippen molar-refractivity contribution in [3.63, 3.8) is 0 Å². The molecule has 0 aromatic carbocycles. The number of nitrogens with zero attached hydrogens (tertiary/aromatic N) is 2. The molecule has 0 unspecified atom stereocenters. The van der Waals surface area contributed by atoms with Gasteiger partial charge in [0, 0.05) is 23.0 Å². The number of rotatable bonds is 3. The molecular formula is C11H11N3O2. The first kappa shape index (κ1) is 10.4. The maximum atomic E-state index is 10.6. The van der Waals surface area contributed by atoms with Crippen LogP contribution in [0.4, 0.5) is 0 Å². The van der Waals surface area contributed by atoms with E-state index in [1.165, 1.54) is 6.20 Å². The zero-order valence-electron chi connectivity index (χ0n) is 8.77. The van der Waals surface area contributed by atoms with E-state index in [2.05, 4.69) is 15.2 Å². The lowest BCUT2D eigenvalue weighted by molar-refractivity contribution is -0.136. The minimum atomic E-state index is -0.872. The van der Waals surface area contributed by atoms with Gasteiger partial charge in [-0.2, -0.15) is 5.10 Å². The molecule has 16 heavy (non-hydrogen) atoms. The highest BCUT2D eigenvalue weighted by Gasteiger charge is 2.10. The van der Waals surface area contributed by atoms with Gasteiger partial charge in [0.25, 0.3) is 0 Å². The molecule has 0 aliphatic rings. The zero-order chi connectivity index (χ0) is 11.5. The van der Waals surface area contributed by atoms with Crippen molar-refractivity contribution in [2.45, 2.75) is 13.3 Å². The third-order valence-corrected chi connectivity index (χ3v) is 2.26. The Labute approximate surface area is 92.2 Å². The van der Waals surface area contributed by atoms with E-state index in [1.807, 2.05) is 19.1 Å². The third kappa shape index (κ3) is 2.08. The molecule has 2 rings (SSSR count). The topological polar surface area (TPSA) is 78.9 Å². The van der Waals surface area contributed by atoms with Crippen molar-refractivity contribution < 1.29 is 9.90 Å². The van der Waals surface area contributed by atoms with Crippen molar-refractivity contribution in [2.24, 2.45) is 0 Å². The molecule has 2 N–H and O–H groups in total. The summed E-state index contributed by atoms with van der Waals surface area (Å²) in [6.07, 6.45) is 3.19. The molecule has 0 spiro atoms. The summed E-state index contributed by atoms with van der Waals surface area (Å²) in [5, 5.41) is 15.4. The van der Waals surface area contributed by atoms with E-state index < -0.39 is 5.97 Å². The van der Waals surface area contributed by atoms with Gasteiger partial charge in [-0.05, 0) is 19.1 Å². The minimum absolute atomic E-state index is 0.0420. The SMILES string of the molecule is Cc1ccc(-c2[nH]ncc2CC(=O)O)cn1. The number of H-pyrrole nitrogens is 1. The quantitative estimate of drug-likeness (QED) is 0.814. The van der Waals surface area contributed by atoms with E-state index in [9.17, 15) is 4.79 Å². The van der Waals surface area contributed by atoms with E-state index in [1.54, 1.807) is 6.20 Å². The molecule has 82 valence electrons. The van der Waals surface area contributed by atoms with Crippen LogP contribution in [0.25, 0.3) is 11.3 Å². The summed E-state index contributed by atoms with van der Waals surface area (Å²) in [4.78, 5) is 14.8. The van der Waals surface area contributed by atoms with Crippen LogP contribution in [0.1, 0.15) is 11.3 Å². The van der Waals surface area contributed by atoms with Crippen molar-refractivity contribution in [2.75, 3.05) is 0 Å². The molecule has 5 nitrogen and oxygen atoms in total. The fourth-order valence-corrected chi connectivity index (χ4v) is 1.47. The Morgan fingerprint density at radius 3 is 2.88 bits per heavy atom.